The average Bonchev–Trinajstić information content (AvgIpc) is 3.08. The van der Waals surface area contributed by atoms with Crippen molar-refractivity contribution in [3.8, 4) is 0 Å². The molecule has 3 rings (SSSR count). The number of piperazine rings is 1. The highest BCUT2D eigenvalue weighted by Crippen LogP contribution is 2.34. The summed E-state index contributed by atoms with van der Waals surface area (Å²) in [6.45, 7) is 12.9. The van der Waals surface area contributed by atoms with Crippen LogP contribution in [0.4, 0.5) is 14.9 Å². The fourth-order valence-corrected chi connectivity index (χ4v) is 4.09. The number of hydrogen-bond donors (Lipinski definition) is 0. The predicted molar refractivity (Wildman–Crippen MR) is 116 cm³/mol. The van der Waals surface area contributed by atoms with Crippen LogP contribution in [0.1, 0.15) is 51.9 Å². The minimum atomic E-state index is -0.758. The third kappa shape index (κ3) is 4.45. The first-order chi connectivity index (χ1) is 14.5. The summed E-state index contributed by atoms with van der Waals surface area (Å²) in [6, 6.07) is 1.05. The molecule has 2 heterocycles. The molecule has 1 saturated heterocycles. The van der Waals surface area contributed by atoms with E-state index in [1.807, 2.05) is 52.6 Å². The van der Waals surface area contributed by atoms with Crippen molar-refractivity contribution in [2.45, 2.75) is 65.8 Å². The Labute approximate surface area is 181 Å². The topological polar surface area (TPSA) is 76.9 Å². The van der Waals surface area contributed by atoms with Gasteiger partial charge in [0.2, 0.25) is 0 Å². The Hall–Kier alpha value is -2.84. The number of methoxy groups -OCH3 is 1. The van der Waals surface area contributed by atoms with Gasteiger partial charge in [-0.25, -0.2) is 14.0 Å². The highest BCUT2D eigenvalue weighted by atomic mass is 19.1. The lowest BCUT2D eigenvalue weighted by molar-refractivity contribution is 0.00565. The van der Waals surface area contributed by atoms with Crippen molar-refractivity contribution in [2.75, 3.05) is 25.1 Å². The van der Waals surface area contributed by atoms with Crippen LogP contribution in [-0.4, -0.2) is 64.6 Å². The van der Waals surface area contributed by atoms with Crippen molar-refractivity contribution in [2.24, 2.45) is 0 Å². The molecule has 1 aromatic carbocycles. The molecule has 0 bridgehead atoms. The molecule has 0 radical (unpaired) electrons. The molecule has 0 N–H and O–H groups in total. The lowest BCUT2D eigenvalue weighted by Gasteiger charge is -2.45. The molecule has 2 atom stereocenters. The second-order valence-electron chi connectivity index (χ2n) is 8.98. The zero-order valence-electron chi connectivity index (χ0n) is 19.2. The molecule has 2 aromatic rings. The number of esters is 1. The van der Waals surface area contributed by atoms with Gasteiger partial charge in [0.05, 0.1) is 24.9 Å². The molecule has 1 aliphatic rings. The van der Waals surface area contributed by atoms with E-state index in [9.17, 15) is 9.59 Å². The Balaban J connectivity index is 1.99. The maximum atomic E-state index is 15.0. The third-order valence-corrected chi connectivity index (χ3v) is 5.35. The first-order valence-corrected chi connectivity index (χ1v) is 10.5. The Morgan fingerprint density at radius 3 is 2.35 bits per heavy atom. The molecule has 0 aliphatic carbocycles. The van der Waals surface area contributed by atoms with E-state index in [0.717, 1.165) is 0 Å². The van der Waals surface area contributed by atoms with Crippen molar-refractivity contribution >= 4 is 28.7 Å². The second-order valence-corrected chi connectivity index (χ2v) is 8.98. The molecule has 31 heavy (non-hydrogen) atoms. The van der Waals surface area contributed by atoms with Gasteiger partial charge in [0.25, 0.3) is 0 Å². The van der Waals surface area contributed by atoms with Gasteiger partial charge < -0.3 is 14.4 Å². The number of anilines is 1. The minimum absolute atomic E-state index is 0.154. The van der Waals surface area contributed by atoms with Gasteiger partial charge >= 0.3 is 12.1 Å². The molecule has 0 unspecified atom stereocenters. The van der Waals surface area contributed by atoms with Crippen LogP contribution in [-0.2, 0) is 16.0 Å². The number of carbonyl (C=O) groups excluding carboxylic acids is 2. The predicted octanol–water partition coefficient (Wildman–Crippen LogP) is 3.82. The fraction of sp³-hybridized carbons (Fsp3) is 0.591. The largest absolute Gasteiger partial charge is 0.465 e. The molecule has 9 heteroatoms. The van der Waals surface area contributed by atoms with Gasteiger partial charge in [0.15, 0.2) is 0 Å². The number of carbonyl (C=O) groups is 2. The lowest BCUT2D eigenvalue weighted by Crippen LogP contribution is -2.59. The molecule has 0 saturated carbocycles. The molecule has 0 spiro atoms. The second kappa shape index (κ2) is 8.36. The molecule has 8 nitrogen and oxygen atoms in total. The molecule has 1 aromatic heterocycles. The maximum Gasteiger partial charge on any atom is 0.410 e. The monoisotopic (exact) mass is 434 g/mol. The lowest BCUT2D eigenvalue weighted by atomic mass is 10.0. The summed E-state index contributed by atoms with van der Waals surface area (Å²) >= 11 is 0. The van der Waals surface area contributed by atoms with Crippen LogP contribution in [0.25, 0.3) is 10.9 Å². The van der Waals surface area contributed by atoms with Gasteiger partial charge in [-0.05, 0) is 47.6 Å². The van der Waals surface area contributed by atoms with Crippen LogP contribution >= 0.6 is 0 Å². The van der Waals surface area contributed by atoms with Gasteiger partial charge in [-0.3, -0.25) is 9.58 Å². The molecule has 170 valence electrons. The average molecular weight is 435 g/mol. The van der Waals surface area contributed by atoms with E-state index in [0.29, 0.717) is 30.7 Å². The summed E-state index contributed by atoms with van der Waals surface area (Å²) in [6.07, 6.45) is 1.45. The highest BCUT2D eigenvalue weighted by Gasteiger charge is 2.37. The first-order valence-electron chi connectivity index (χ1n) is 10.5. The highest BCUT2D eigenvalue weighted by molar-refractivity contribution is 6.07. The van der Waals surface area contributed by atoms with Crippen LogP contribution in [0.3, 0.4) is 0 Å². The number of amides is 1. The fourth-order valence-electron chi connectivity index (χ4n) is 4.09. The van der Waals surface area contributed by atoms with E-state index in [1.54, 1.807) is 9.58 Å². The Morgan fingerprint density at radius 2 is 1.84 bits per heavy atom. The number of ether oxygens (including phenoxy) is 2. The van der Waals surface area contributed by atoms with E-state index in [-0.39, 0.29) is 29.3 Å². The van der Waals surface area contributed by atoms with E-state index < -0.39 is 17.4 Å². The van der Waals surface area contributed by atoms with Crippen LogP contribution in [0.2, 0.25) is 0 Å². The Bertz CT molecular complexity index is 986. The van der Waals surface area contributed by atoms with Crippen LogP contribution in [0, 0.1) is 5.82 Å². The van der Waals surface area contributed by atoms with Crippen molar-refractivity contribution in [3.63, 3.8) is 0 Å². The summed E-state index contributed by atoms with van der Waals surface area (Å²) in [5.74, 6) is -1.43. The van der Waals surface area contributed by atoms with Gasteiger partial charge in [-0.15, -0.1) is 0 Å². The number of benzene rings is 1. The Morgan fingerprint density at radius 1 is 1.23 bits per heavy atom. The summed E-state index contributed by atoms with van der Waals surface area (Å²) in [4.78, 5) is 28.6. The smallest absolute Gasteiger partial charge is 0.410 e. The SMILES string of the molecule is CCn1cc2c(N3C[C@@H](C)N(C(=O)OC(C)(C)C)[C@@H](C)C3)cc(F)c(C(=O)OC)c2n1. The number of aryl methyl sites for hydroxylation is 1. The first kappa shape index (κ1) is 22.8. The van der Waals surface area contributed by atoms with Gasteiger partial charge in [0.1, 0.15) is 22.5 Å². The number of fused-ring (bicyclic) bond motifs is 1. The number of hydrogen-bond acceptors (Lipinski definition) is 6. The zero-order chi connectivity index (χ0) is 23.1. The van der Waals surface area contributed by atoms with Crippen molar-refractivity contribution < 1.29 is 23.5 Å². The van der Waals surface area contributed by atoms with E-state index in [4.69, 9.17) is 9.47 Å². The van der Waals surface area contributed by atoms with E-state index in [1.165, 1.54) is 13.2 Å². The van der Waals surface area contributed by atoms with Crippen molar-refractivity contribution in [3.05, 3.63) is 23.6 Å². The summed E-state index contributed by atoms with van der Waals surface area (Å²) in [7, 11) is 1.22. The number of rotatable bonds is 3. The molecule has 1 amide bonds. The molecule has 1 aliphatic heterocycles. The quantitative estimate of drug-likeness (QED) is 0.684. The summed E-state index contributed by atoms with van der Waals surface area (Å²) in [5.41, 5.74) is 0.171. The maximum absolute atomic E-state index is 15.0. The Kier molecular flexibility index (Phi) is 6.16. The van der Waals surface area contributed by atoms with Crippen LogP contribution in [0.15, 0.2) is 12.3 Å². The van der Waals surface area contributed by atoms with Gasteiger partial charge in [0, 0.05) is 31.2 Å². The summed E-state index contributed by atoms with van der Waals surface area (Å²) in [5, 5.41) is 5.08. The number of halogens is 1. The van der Waals surface area contributed by atoms with Crippen LogP contribution < -0.4 is 4.90 Å². The third-order valence-electron chi connectivity index (χ3n) is 5.35. The molecular weight excluding hydrogens is 403 g/mol. The summed E-state index contributed by atoms with van der Waals surface area (Å²) < 4.78 is 27.0. The van der Waals surface area contributed by atoms with Gasteiger partial charge in [-0.2, -0.15) is 5.10 Å². The number of nitrogens with zero attached hydrogens (tertiary/aromatic N) is 4. The number of aromatic nitrogens is 2. The normalized spacial score (nSPS) is 19.6. The van der Waals surface area contributed by atoms with Crippen molar-refractivity contribution in [1.29, 1.82) is 0 Å². The standard InChI is InChI=1S/C22H31FN4O4/c1-8-26-12-15-17(9-16(23)18(19(15)24-26)20(28)30-7)25-10-13(2)27(14(3)11-25)21(29)31-22(4,5)6/h9,12-14H,8,10-11H2,1-7H3/t13-,14+. The van der Waals surface area contributed by atoms with E-state index in [2.05, 4.69) is 5.10 Å². The minimum Gasteiger partial charge on any atom is -0.465 e. The molecule has 1 fully saturated rings. The van der Waals surface area contributed by atoms with Gasteiger partial charge in [-0.1, -0.05) is 0 Å². The van der Waals surface area contributed by atoms with Crippen molar-refractivity contribution in [1.82, 2.24) is 14.7 Å². The van der Waals surface area contributed by atoms with Crippen LogP contribution in [0.5, 0.6) is 0 Å². The zero-order valence-corrected chi connectivity index (χ0v) is 19.2. The van der Waals surface area contributed by atoms with E-state index >= 15 is 4.39 Å². The molecular formula is C22H31FN4O4.